The van der Waals surface area contributed by atoms with E-state index in [0.717, 1.165) is 37.7 Å². The molecule has 1 aliphatic rings. The van der Waals surface area contributed by atoms with Gasteiger partial charge in [0, 0.05) is 45.0 Å². The van der Waals surface area contributed by atoms with Gasteiger partial charge in [0.05, 0.1) is 17.3 Å². The first-order valence-corrected chi connectivity index (χ1v) is 11.8. The molecule has 36 heavy (non-hydrogen) atoms. The average Bonchev–Trinajstić information content (AvgIpc) is 3.27. The number of allylic oxidation sites excluding steroid dienone is 3. The molecule has 0 unspecified atom stereocenters. The minimum atomic E-state index is -0.235. The highest BCUT2D eigenvalue weighted by molar-refractivity contribution is 5.83. The van der Waals surface area contributed by atoms with E-state index >= 15 is 0 Å². The molecule has 4 rings (SSSR count). The number of nitrogens with one attached hydrogen (secondary N) is 2. The lowest BCUT2D eigenvalue weighted by Crippen LogP contribution is -2.44. The van der Waals surface area contributed by atoms with Gasteiger partial charge in [-0.2, -0.15) is 9.97 Å². The highest BCUT2D eigenvalue weighted by Gasteiger charge is 2.16. The van der Waals surface area contributed by atoms with Crippen LogP contribution in [0.5, 0.6) is 5.88 Å². The zero-order valence-corrected chi connectivity index (χ0v) is 21.0. The zero-order chi connectivity index (χ0) is 25.7. The van der Waals surface area contributed by atoms with Crippen LogP contribution in [0.2, 0.25) is 0 Å². The van der Waals surface area contributed by atoms with Gasteiger partial charge >= 0.3 is 0 Å². The summed E-state index contributed by atoms with van der Waals surface area (Å²) in [4.78, 5) is 29.7. The topological polar surface area (TPSA) is 121 Å². The predicted molar refractivity (Wildman–Crippen MR) is 139 cm³/mol. The highest BCUT2D eigenvalue weighted by atomic mass is 16.5. The molecule has 11 nitrogen and oxygen atoms in total. The Kier molecular flexibility index (Phi) is 7.81. The second-order valence-corrected chi connectivity index (χ2v) is 8.62. The van der Waals surface area contributed by atoms with Crippen LogP contribution in [0.3, 0.4) is 0 Å². The van der Waals surface area contributed by atoms with E-state index in [2.05, 4.69) is 42.4 Å². The van der Waals surface area contributed by atoms with E-state index in [9.17, 15) is 9.90 Å². The Labute approximate surface area is 210 Å². The van der Waals surface area contributed by atoms with Crippen molar-refractivity contribution < 1.29 is 14.6 Å². The first-order chi connectivity index (χ1) is 17.4. The maximum Gasteiger partial charge on any atom is 0.233 e. The number of aliphatic hydroxyl groups excluding tert-OH is 1. The van der Waals surface area contributed by atoms with Gasteiger partial charge in [0.15, 0.2) is 5.65 Å². The lowest BCUT2D eigenvalue weighted by molar-refractivity contribution is -0.118. The predicted octanol–water partition coefficient (Wildman–Crippen LogP) is 2.59. The first-order valence-electron chi connectivity index (χ1n) is 11.8. The van der Waals surface area contributed by atoms with E-state index < -0.39 is 0 Å². The second kappa shape index (κ2) is 11.2. The Morgan fingerprint density at radius 3 is 2.58 bits per heavy atom. The van der Waals surface area contributed by atoms with Crippen molar-refractivity contribution in [2.24, 2.45) is 0 Å². The second-order valence-electron chi connectivity index (χ2n) is 8.62. The number of hydrogen-bond acceptors (Lipinski definition) is 9. The third-order valence-electron chi connectivity index (χ3n) is 5.82. The molecule has 0 atom stereocenters. The Bertz CT molecular complexity index is 1270. The number of amides is 1. The molecule has 4 heterocycles. The van der Waals surface area contributed by atoms with Gasteiger partial charge in [0.25, 0.3) is 0 Å². The number of ether oxygens (including phenoxy) is 1. The number of rotatable bonds is 8. The number of carbonyl (C=O) groups excluding carboxylic acids is 1. The fourth-order valence-corrected chi connectivity index (χ4v) is 3.89. The number of hydrogen-bond donors (Lipinski definition) is 3. The molecule has 3 aromatic heterocycles. The van der Waals surface area contributed by atoms with E-state index in [1.54, 1.807) is 42.1 Å². The van der Waals surface area contributed by atoms with Crippen LogP contribution in [0.1, 0.15) is 20.8 Å². The fraction of sp³-hybridized carbons (Fsp3) is 0.360. The van der Waals surface area contributed by atoms with Crippen LogP contribution in [0.15, 0.2) is 54.2 Å². The molecular weight excluding hydrogens is 460 g/mol. The molecule has 1 amide bonds. The number of fused-ring (bicyclic) bond motifs is 1. The van der Waals surface area contributed by atoms with Crippen LogP contribution < -0.4 is 20.3 Å². The number of pyridine rings is 1. The number of piperazine rings is 1. The van der Waals surface area contributed by atoms with Crippen LogP contribution in [-0.4, -0.2) is 68.7 Å². The lowest BCUT2D eigenvalue weighted by Gasteiger charge is -2.33. The van der Waals surface area contributed by atoms with E-state index in [4.69, 9.17) is 4.74 Å². The van der Waals surface area contributed by atoms with Gasteiger partial charge in [0.1, 0.15) is 18.3 Å². The number of likely N-dealkylation sites (N-methyl/N-ethyl adjacent to an activating group) is 1. The van der Waals surface area contributed by atoms with Gasteiger partial charge in [-0.3, -0.25) is 4.79 Å². The van der Waals surface area contributed by atoms with Gasteiger partial charge in [0.2, 0.25) is 17.7 Å². The third-order valence-corrected chi connectivity index (χ3v) is 5.82. The summed E-state index contributed by atoms with van der Waals surface area (Å²) in [6, 6.07) is 5.71. The maximum atomic E-state index is 11.4. The van der Waals surface area contributed by atoms with E-state index in [0.29, 0.717) is 34.3 Å². The van der Waals surface area contributed by atoms with Crippen molar-refractivity contribution in [3.05, 3.63) is 54.2 Å². The summed E-state index contributed by atoms with van der Waals surface area (Å²) in [5.74, 6) is 1.92. The van der Waals surface area contributed by atoms with Gasteiger partial charge in [-0.1, -0.05) is 6.08 Å². The van der Waals surface area contributed by atoms with Crippen molar-refractivity contribution in [3.8, 4) is 5.88 Å². The van der Waals surface area contributed by atoms with Crippen LogP contribution >= 0.6 is 0 Å². The summed E-state index contributed by atoms with van der Waals surface area (Å²) in [7, 11) is 2.12. The summed E-state index contributed by atoms with van der Waals surface area (Å²) in [6.07, 6.45) is 6.96. The molecule has 11 heteroatoms. The van der Waals surface area contributed by atoms with Crippen LogP contribution in [0.4, 0.5) is 17.5 Å². The Morgan fingerprint density at radius 2 is 1.94 bits per heavy atom. The largest absolute Gasteiger partial charge is 0.443 e. The molecule has 0 saturated carbocycles. The molecule has 3 aromatic rings. The summed E-state index contributed by atoms with van der Waals surface area (Å²) < 4.78 is 7.64. The lowest BCUT2D eigenvalue weighted by atomic mass is 10.3. The molecule has 0 spiro atoms. The first kappa shape index (κ1) is 25.1. The molecule has 1 aliphatic heterocycles. The van der Waals surface area contributed by atoms with Gasteiger partial charge in [-0.25, -0.2) is 4.98 Å². The van der Waals surface area contributed by atoms with Crippen molar-refractivity contribution >= 4 is 34.4 Å². The highest BCUT2D eigenvalue weighted by Crippen LogP contribution is 2.28. The minimum absolute atomic E-state index is 0.171. The number of carbonyl (C=O) groups is 1. The van der Waals surface area contributed by atoms with Crippen molar-refractivity contribution in [2.45, 2.75) is 27.5 Å². The van der Waals surface area contributed by atoms with Crippen LogP contribution in [0.25, 0.3) is 11.0 Å². The van der Waals surface area contributed by atoms with Gasteiger partial charge in [-0.15, -0.1) is 0 Å². The standard InChI is InChI=1S/C25H32N8O3/c1-5-19(27-18(3)35)14-17(2)36-24-21-8-9-33(16-34)23(21)29-25(30-24)28-20-6-7-22(26-15-20)32-12-10-31(4)11-13-32/h5-9,14-15,34H,10-13,16H2,1-4H3,(H,27,35)(H,28,29,30)/b17-14+,19-5+. The van der Waals surface area contributed by atoms with Crippen molar-refractivity contribution in [1.29, 1.82) is 0 Å². The number of anilines is 3. The molecule has 190 valence electrons. The number of aliphatic hydroxyl groups is 1. The van der Waals surface area contributed by atoms with E-state index in [-0.39, 0.29) is 12.6 Å². The van der Waals surface area contributed by atoms with E-state index in [1.807, 2.05) is 19.1 Å². The Balaban J connectivity index is 1.58. The molecule has 0 aliphatic carbocycles. The van der Waals surface area contributed by atoms with Crippen molar-refractivity contribution in [1.82, 2.24) is 29.7 Å². The molecule has 0 bridgehead atoms. The molecule has 1 saturated heterocycles. The monoisotopic (exact) mass is 492 g/mol. The minimum Gasteiger partial charge on any atom is -0.443 e. The van der Waals surface area contributed by atoms with Gasteiger partial charge < -0.3 is 34.8 Å². The maximum absolute atomic E-state index is 11.4. The summed E-state index contributed by atoms with van der Waals surface area (Å²) in [6.45, 7) is 8.72. The molecular formula is C25H32N8O3. The van der Waals surface area contributed by atoms with Crippen LogP contribution in [0, 0.1) is 0 Å². The van der Waals surface area contributed by atoms with E-state index in [1.165, 1.54) is 6.92 Å². The number of aromatic nitrogens is 4. The Hall–Kier alpha value is -3.96. The zero-order valence-electron chi connectivity index (χ0n) is 21.0. The SMILES string of the molecule is C/C=C(\C=C(/C)Oc1nc(Nc2ccc(N3CCN(C)CC3)nc2)nc2c1ccn2CO)NC(C)=O. The van der Waals surface area contributed by atoms with Gasteiger partial charge in [-0.05, 0) is 45.2 Å². The fourth-order valence-electron chi connectivity index (χ4n) is 3.89. The van der Waals surface area contributed by atoms with Crippen molar-refractivity contribution in [3.63, 3.8) is 0 Å². The summed E-state index contributed by atoms with van der Waals surface area (Å²) >= 11 is 0. The average molecular weight is 493 g/mol. The smallest absolute Gasteiger partial charge is 0.233 e. The van der Waals surface area contributed by atoms with Crippen molar-refractivity contribution in [2.75, 3.05) is 43.4 Å². The van der Waals surface area contributed by atoms with Crippen LogP contribution in [-0.2, 0) is 11.5 Å². The summed E-state index contributed by atoms with van der Waals surface area (Å²) in [5, 5.41) is 16.3. The Morgan fingerprint density at radius 1 is 1.17 bits per heavy atom. The number of nitrogens with zero attached hydrogens (tertiary/aromatic N) is 6. The molecule has 1 fully saturated rings. The molecule has 3 N–H and O–H groups in total. The molecule has 0 radical (unpaired) electrons. The quantitative estimate of drug-likeness (QED) is 0.322. The summed E-state index contributed by atoms with van der Waals surface area (Å²) in [5.41, 5.74) is 1.87. The normalized spacial score (nSPS) is 15.3. The molecule has 0 aromatic carbocycles. The third kappa shape index (κ3) is 5.99.